The van der Waals surface area contributed by atoms with Gasteiger partial charge in [-0.15, -0.1) is 0 Å². The van der Waals surface area contributed by atoms with Crippen LogP contribution in [0.1, 0.15) is 44.7 Å². The average Bonchev–Trinajstić information content (AvgIpc) is 2.29. The highest BCUT2D eigenvalue weighted by Crippen LogP contribution is 2.11. The van der Waals surface area contributed by atoms with E-state index in [1.54, 1.807) is 12.1 Å². The number of aryl methyl sites for hydroxylation is 1. The average molecular weight is 251 g/mol. The minimum atomic E-state index is -0.144. The van der Waals surface area contributed by atoms with Crippen LogP contribution >= 0.6 is 0 Å². The molecule has 0 aliphatic rings. The molecule has 0 amide bonds. The molecule has 1 rings (SSSR count). The van der Waals surface area contributed by atoms with Crippen molar-refractivity contribution in [1.29, 1.82) is 0 Å². The molecule has 0 aliphatic carbocycles. The first-order valence-corrected chi connectivity index (χ1v) is 6.97. The molecule has 1 aromatic rings. The molecule has 0 bridgehead atoms. The first kappa shape index (κ1) is 15.2. The normalized spacial score (nSPS) is 13.0. The molecule has 1 N–H and O–H groups in total. The van der Waals surface area contributed by atoms with Gasteiger partial charge in [-0.05, 0) is 68.8 Å². The van der Waals surface area contributed by atoms with Gasteiger partial charge in [0.25, 0.3) is 0 Å². The van der Waals surface area contributed by atoms with E-state index < -0.39 is 0 Å². The Labute approximate surface area is 111 Å². The predicted octanol–water partition coefficient (Wildman–Crippen LogP) is 4.09. The molecule has 18 heavy (non-hydrogen) atoms. The molecule has 0 spiro atoms. The van der Waals surface area contributed by atoms with Crippen molar-refractivity contribution in [2.75, 3.05) is 6.54 Å². The highest BCUT2D eigenvalue weighted by molar-refractivity contribution is 5.26. The van der Waals surface area contributed by atoms with E-state index in [4.69, 9.17) is 0 Å². The van der Waals surface area contributed by atoms with Crippen LogP contribution in [0.15, 0.2) is 18.2 Å². The minimum absolute atomic E-state index is 0.144. The van der Waals surface area contributed by atoms with Gasteiger partial charge in [-0.1, -0.05) is 19.9 Å². The zero-order valence-electron chi connectivity index (χ0n) is 12.1. The highest BCUT2D eigenvalue weighted by Gasteiger charge is 2.04. The second kappa shape index (κ2) is 7.52. The lowest BCUT2D eigenvalue weighted by atomic mass is 10.0. The molecule has 0 radical (unpaired) electrons. The van der Waals surface area contributed by atoms with Gasteiger partial charge in [-0.25, -0.2) is 4.39 Å². The molecule has 0 aliphatic heterocycles. The topological polar surface area (TPSA) is 12.0 Å². The van der Waals surface area contributed by atoms with Crippen LogP contribution in [0.25, 0.3) is 0 Å². The van der Waals surface area contributed by atoms with Gasteiger partial charge in [0.1, 0.15) is 5.82 Å². The summed E-state index contributed by atoms with van der Waals surface area (Å²) in [6.45, 7) is 9.69. The monoisotopic (exact) mass is 251 g/mol. The van der Waals surface area contributed by atoms with Crippen molar-refractivity contribution < 1.29 is 4.39 Å². The number of hydrogen-bond acceptors (Lipinski definition) is 1. The van der Waals surface area contributed by atoms with Crippen LogP contribution in [0.4, 0.5) is 4.39 Å². The Bertz CT molecular complexity index is 360. The van der Waals surface area contributed by atoms with E-state index in [2.05, 4.69) is 26.1 Å². The lowest BCUT2D eigenvalue weighted by Crippen LogP contribution is -2.28. The standard InChI is InChI=1S/C16H26FN/c1-12(2)5-6-14(4)18-10-9-15-7-8-16(17)11-13(15)3/h7-8,11-12,14,18H,5-6,9-10H2,1-4H3. The molecule has 2 heteroatoms. The van der Waals surface area contributed by atoms with Crippen molar-refractivity contribution in [3.05, 3.63) is 35.1 Å². The second-order valence-electron chi connectivity index (χ2n) is 5.65. The summed E-state index contributed by atoms with van der Waals surface area (Å²) in [6.07, 6.45) is 3.46. The zero-order chi connectivity index (χ0) is 13.5. The maximum Gasteiger partial charge on any atom is 0.123 e. The van der Waals surface area contributed by atoms with Gasteiger partial charge < -0.3 is 5.32 Å². The van der Waals surface area contributed by atoms with E-state index >= 15 is 0 Å². The SMILES string of the molecule is Cc1cc(F)ccc1CCNC(C)CCC(C)C. The van der Waals surface area contributed by atoms with Crippen molar-refractivity contribution >= 4 is 0 Å². The van der Waals surface area contributed by atoms with Gasteiger partial charge >= 0.3 is 0 Å². The summed E-state index contributed by atoms with van der Waals surface area (Å²) < 4.78 is 13.0. The molecule has 0 fully saturated rings. The van der Waals surface area contributed by atoms with Crippen molar-refractivity contribution in [2.24, 2.45) is 5.92 Å². The van der Waals surface area contributed by atoms with Gasteiger partial charge in [0.2, 0.25) is 0 Å². The molecule has 0 heterocycles. The number of hydrogen-bond donors (Lipinski definition) is 1. The van der Waals surface area contributed by atoms with E-state index in [0.717, 1.165) is 24.4 Å². The Hall–Kier alpha value is -0.890. The quantitative estimate of drug-likeness (QED) is 0.769. The summed E-state index contributed by atoms with van der Waals surface area (Å²) >= 11 is 0. The first-order valence-electron chi connectivity index (χ1n) is 6.97. The number of halogens is 1. The lowest BCUT2D eigenvalue weighted by Gasteiger charge is -2.15. The smallest absolute Gasteiger partial charge is 0.123 e. The van der Waals surface area contributed by atoms with E-state index in [0.29, 0.717) is 6.04 Å². The van der Waals surface area contributed by atoms with Crippen LogP contribution in [0.2, 0.25) is 0 Å². The third kappa shape index (κ3) is 5.63. The maximum absolute atomic E-state index is 13.0. The predicted molar refractivity (Wildman–Crippen MR) is 76.4 cm³/mol. The number of benzene rings is 1. The van der Waals surface area contributed by atoms with Crippen molar-refractivity contribution in [3.63, 3.8) is 0 Å². The summed E-state index contributed by atoms with van der Waals surface area (Å²) in [5.41, 5.74) is 2.28. The second-order valence-corrected chi connectivity index (χ2v) is 5.65. The Morgan fingerprint density at radius 1 is 1.17 bits per heavy atom. The van der Waals surface area contributed by atoms with Crippen molar-refractivity contribution in [1.82, 2.24) is 5.32 Å². The van der Waals surface area contributed by atoms with Crippen LogP contribution < -0.4 is 5.32 Å². The summed E-state index contributed by atoms with van der Waals surface area (Å²) in [5.74, 6) is 0.628. The summed E-state index contributed by atoms with van der Waals surface area (Å²) in [6, 6.07) is 5.61. The van der Waals surface area contributed by atoms with Gasteiger partial charge in [-0.2, -0.15) is 0 Å². The third-order valence-corrected chi connectivity index (χ3v) is 3.37. The molecular weight excluding hydrogens is 225 g/mol. The molecule has 1 nitrogen and oxygen atoms in total. The fourth-order valence-corrected chi connectivity index (χ4v) is 2.08. The molecule has 1 atom stereocenters. The molecule has 1 aromatic carbocycles. The minimum Gasteiger partial charge on any atom is -0.314 e. The van der Waals surface area contributed by atoms with Gasteiger partial charge in [0.15, 0.2) is 0 Å². The van der Waals surface area contributed by atoms with Crippen LogP contribution in [0.3, 0.4) is 0 Å². The van der Waals surface area contributed by atoms with Crippen LogP contribution in [0, 0.1) is 18.7 Å². The van der Waals surface area contributed by atoms with Crippen LogP contribution in [-0.2, 0) is 6.42 Å². The summed E-state index contributed by atoms with van der Waals surface area (Å²) in [7, 11) is 0. The summed E-state index contributed by atoms with van der Waals surface area (Å²) in [4.78, 5) is 0. The number of nitrogens with one attached hydrogen (secondary N) is 1. The Morgan fingerprint density at radius 2 is 1.89 bits per heavy atom. The van der Waals surface area contributed by atoms with Gasteiger partial charge in [0, 0.05) is 6.04 Å². The Kier molecular flexibility index (Phi) is 6.34. The molecule has 102 valence electrons. The fourth-order valence-electron chi connectivity index (χ4n) is 2.08. The molecule has 0 saturated heterocycles. The van der Waals surface area contributed by atoms with Crippen LogP contribution in [0.5, 0.6) is 0 Å². The summed E-state index contributed by atoms with van der Waals surface area (Å²) in [5, 5.41) is 3.53. The largest absolute Gasteiger partial charge is 0.314 e. The van der Waals surface area contributed by atoms with Gasteiger partial charge in [-0.3, -0.25) is 0 Å². The Morgan fingerprint density at radius 3 is 2.50 bits per heavy atom. The maximum atomic E-state index is 13.0. The Balaban J connectivity index is 2.28. The molecule has 0 saturated carbocycles. The van der Waals surface area contributed by atoms with E-state index in [-0.39, 0.29) is 5.82 Å². The first-order chi connectivity index (χ1) is 8.49. The lowest BCUT2D eigenvalue weighted by molar-refractivity contribution is 0.453. The van der Waals surface area contributed by atoms with Gasteiger partial charge in [0.05, 0.1) is 0 Å². The fraction of sp³-hybridized carbons (Fsp3) is 0.625. The van der Waals surface area contributed by atoms with E-state index in [9.17, 15) is 4.39 Å². The molecule has 0 aromatic heterocycles. The number of rotatable bonds is 7. The molecule has 1 unspecified atom stereocenters. The highest BCUT2D eigenvalue weighted by atomic mass is 19.1. The van der Waals surface area contributed by atoms with E-state index in [1.807, 2.05) is 13.0 Å². The third-order valence-electron chi connectivity index (χ3n) is 3.37. The zero-order valence-corrected chi connectivity index (χ0v) is 12.1. The van der Waals surface area contributed by atoms with Crippen molar-refractivity contribution in [3.8, 4) is 0 Å². The van der Waals surface area contributed by atoms with E-state index in [1.165, 1.54) is 18.4 Å². The van der Waals surface area contributed by atoms with Crippen molar-refractivity contribution in [2.45, 2.75) is 53.0 Å². The van der Waals surface area contributed by atoms with Crippen LogP contribution in [-0.4, -0.2) is 12.6 Å². The molecular formula is C16H26FN.